The molecule has 4 nitrogen and oxygen atoms in total. The summed E-state index contributed by atoms with van der Waals surface area (Å²) in [6, 6.07) is 27.1. The Morgan fingerprint density at radius 1 is 0.917 bits per heavy atom. The molecule has 3 aromatic carbocycles. The molecule has 0 aliphatic heterocycles. The highest BCUT2D eigenvalue weighted by atomic mass is 16.5. The monoisotopic (exact) mass is 481 g/mol. The molecule has 36 heavy (non-hydrogen) atoms. The van der Waals surface area contributed by atoms with Gasteiger partial charge in [0.15, 0.2) is 0 Å². The van der Waals surface area contributed by atoms with Crippen LogP contribution in [0.1, 0.15) is 37.7 Å². The minimum atomic E-state index is -0.259. The first-order valence-corrected chi connectivity index (χ1v) is 12.8. The predicted molar refractivity (Wildman–Crippen MR) is 146 cm³/mol. The molecule has 0 heterocycles. The summed E-state index contributed by atoms with van der Waals surface area (Å²) in [5, 5.41) is 3.07. The Bertz CT molecular complexity index is 1120. The maximum atomic E-state index is 13.3. The van der Waals surface area contributed by atoms with E-state index in [0.29, 0.717) is 19.1 Å². The van der Waals surface area contributed by atoms with Crippen molar-refractivity contribution in [1.82, 2.24) is 0 Å². The van der Waals surface area contributed by atoms with E-state index in [1.165, 1.54) is 5.57 Å². The molecule has 0 saturated heterocycles. The fourth-order valence-electron chi connectivity index (χ4n) is 4.39. The number of anilines is 1. The second kappa shape index (κ2) is 13.5. The van der Waals surface area contributed by atoms with Gasteiger partial charge in [-0.3, -0.25) is 4.79 Å². The van der Waals surface area contributed by atoms with Gasteiger partial charge in [-0.15, -0.1) is 0 Å². The van der Waals surface area contributed by atoms with Crippen molar-refractivity contribution in [3.05, 3.63) is 115 Å². The highest BCUT2D eigenvalue weighted by molar-refractivity contribution is 5.92. The molecule has 3 aromatic rings. The lowest BCUT2D eigenvalue weighted by Crippen LogP contribution is -2.27. The van der Waals surface area contributed by atoms with Crippen LogP contribution in [-0.2, 0) is 16.1 Å². The Labute approximate surface area is 214 Å². The first-order valence-electron chi connectivity index (χ1n) is 12.8. The second-order valence-electron chi connectivity index (χ2n) is 9.30. The number of para-hydroxylation sites is 1. The summed E-state index contributed by atoms with van der Waals surface area (Å²) >= 11 is 0. The number of benzene rings is 3. The average molecular weight is 482 g/mol. The summed E-state index contributed by atoms with van der Waals surface area (Å²) in [4.78, 5) is 13.3. The van der Waals surface area contributed by atoms with E-state index in [1.54, 1.807) is 0 Å². The van der Waals surface area contributed by atoms with Crippen molar-refractivity contribution in [2.45, 2.75) is 38.7 Å². The van der Waals surface area contributed by atoms with Gasteiger partial charge in [0.1, 0.15) is 11.5 Å². The molecule has 1 N–H and O–H groups in total. The third kappa shape index (κ3) is 7.96. The molecule has 2 unspecified atom stereocenters. The molecule has 0 spiro atoms. The Morgan fingerprint density at radius 3 is 2.31 bits per heavy atom. The number of rotatable bonds is 12. The van der Waals surface area contributed by atoms with E-state index in [0.717, 1.165) is 54.9 Å². The van der Waals surface area contributed by atoms with Crippen LogP contribution in [0, 0.1) is 11.8 Å². The largest absolute Gasteiger partial charge is 0.457 e. The normalized spacial score (nSPS) is 15.7. The Balaban J connectivity index is 1.34. The molecule has 4 heteroatoms. The maximum Gasteiger partial charge on any atom is 0.229 e. The summed E-state index contributed by atoms with van der Waals surface area (Å²) in [5.74, 6) is 1.72. The summed E-state index contributed by atoms with van der Waals surface area (Å²) in [5.41, 5.74) is 3.08. The van der Waals surface area contributed by atoms with Crippen LogP contribution < -0.4 is 10.1 Å². The molecule has 2 atom stereocenters. The summed E-state index contributed by atoms with van der Waals surface area (Å²) in [7, 11) is 0. The zero-order valence-corrected chi connectivity index (χ0v) is 20.8. The molecule has 4 rings (SSSR count). The number of ether oxygens (including phenoxy) is 2. The van der Waals surface area contributed by atoms with Crippen LogP contribution in [0.15, 0.2) is 109 Å². The van der Waals surface area contributed by atoms with Crippen LogP contribution >= 0.6 is 0 Å². The standard InChI is InChI=1S/C32H35NO3/c1-25(27-13-7-3-8-14-27)17-18-28(24-35-23-26-11-5-2-6-12-26)32(34)33-29-19-21-31(22-20-29)36-30-15-9-4-10-16-30/h2-7,9-12,15-16,19-22,27-28H,1,8,13-14,17-18,23-24H2,(H,33,34). The topological polar surface area (TPSA) is 47.6 Å². The van der Waals surface area contributed by atoms with Crippen molar-refractivity contribution in [3.8, 4) is 11.5 Å². The van der Waals surface area contributed by atoms with Gasteiger partial charge in [-0.05, 0) is 80.0 Å². The summed E-state index contributed by atoms with van der Waals surface area (Å²) < 4.78 is 11.8. The van der Waals surface area contributed by atoms with E-state index >= 15 is 0 Å². The zero-order chi connectivity index (χ0) is 25.0. The van der Waals surface area contributed by atoms with Gasteiger partial charge < -0.3 is 14.8 Å². The van der Waals surface area contributed by atoms with E-state index in [4.69, 9.17) is 9.47 Å². The van der Waals surface area contributed by atoms with E-state index < -0.39 is 0 Å². The predicted octanol–water partition coefficient (Wildman–Crippen LogP) is 7.94. The van der Waals surface area contributed by atoms with Crippen molar-refractivity contribution in [1.29, 1.82) is 0 Å². The minimum absolute atomic E-state index is 0.0314. The number of carbonyl (C=O) groups is 1. The Morgan fingerprint density at radius 2 is 1.61 bits per heavy atom. The van der Waals surface area contributed by atoms with Gasteiger partial charge in [-0.2, -0.15) is 0 Å². The number of nitrogens with one attached hydrogen (secondary N) is 1. The second-order valence-corrected chi connectivity index (χ2v) is 9.30. The number of hydrogen-bond donors (Lipinski definition) is 1. The van der Waals surface area contributed by atoms with Gasteiger partial charge in [0.25, 0.3) is 0 Å². The molecule has 0 bridgehead atoms. The first-order chi connectivity index (χ1) is 17.7. The van der Waals surface area contributed by atoms with Crippen LogP contribution in [0.4, 0.5) is 5.69 Å². The van der Waals surface area contributed by atoms with Crippen LogP contribution in [0.2, 0.25) is 0 Å². The van der Waals surface area contributed by atoms with Crippen LogP contribution in [-0.4, -0.2) is 12.5 Å². The van der Waals surface area contributed by atoms with Crippen molar-refractivity contribution < 1.29 is 14.3 Å². The summed E-state index contributed by atoms with van der Waals surface area (Å²) in [6.45, 7) is 5.20. The quantitative estimate of drug-likeness (QED) is 0.267. The average Bonchev–Trinajstić information content (AvgIpc) is 2.93. The van der Waals surface area contributed by atoms with Gasteiger partial charge in [0.05, 0.1) is 19.1 Å². The molecule has 0 aromatic heterocycles. The summed E-state index contributed by atoms with van der Waals surface area (Å²) in [6.07, 6.45) is 9.35. The molecular weight excluding hydrogens is 446 g/mol. The van der Waals surface area contributed by atoms with Crippen LogP contribution in [0.3, 0.4) is 0 Å². The van der Waals surface area contributed by atoms with Crippen molar-refractivity contribution in [2.75, 3.05) is 11.9 Å². The van der Waals surface area contributed by atoms with Gasteiger partial charge in [-0.1, -0.05) is 72.8 Å². The fraction of sp³-hybridized carbons (Fsp3) is 0.281. The number of hydrogen-bond acceptors (Lipinski definition) is 3. The Kier molecular flexibility index (Phi) is 9.52. The molecule has 0 fully saturated rings. The van der Waals surface area contributed by atoms with Gasteiger partial charge in [0.2, 0.25) is 5.91 Å². The van der Waals surface area contributed by atoms with E-state index in [9.17, 15) is 4.79 Å². The smallest absolute Gasteiger partial charge is 0.229 e. The fourth-order valence-corrected chi connectivity index (χ4v) is 4.39. The third-order valence-electron chi connectivity index (χ3n) is 6.56. The molecule has 186 valence electrons. The maximum absolute atomic E-state index is 13.3. The number of allylic oxidation sites excluding steroid dienone is 3. The molecular formula is C32H35NO3. The lowest BCUT2D eigenvalue weighted by atomic mass is 9.85. The van der Waals surface area contributed by atoms with Crippen LogP contribution in [0.5, 0.6) is 11.5 Å². The Hall–Kier alpha value is -3.63. The van der Waals surface area contributed by atoms with Gasteiger partial charge >= 0.3 is 0 Å². The van der Waals surface area contributed by atoms with Gasteiger partial charge in [-0.25, -0.2) is 0 Å². The molecule has 1 aliphatic carbocycles. The lowest BCUT2D eigenvalue weighted by molar-refractivity contribution is -0.122. The van der Waals surface area contributed by atoms with Crippen molar-refractivity contribution in [3.63, 3.8) is 0 Å². The van der Waals surface area contributed by atoms with E-state index in [2.05, 4.69) is 24.0 Å². The van der Waals surface area contributed by atoms with Gasteiger partial charge in [0, 0.05) is 5.69 Å². The molecule has 0 radical (unpaired) electrons. The van der Waals surface area contributed by atoms with Crippen molar-refractivity contribution in [2.24, 2.45) is 11.8 Å². The molecule has 1 aliphatic rings. The molecule has 0 saturated carbocycles. The zero-order valence-electron chi connectivity index (χ0n) is 20.8. The van der Waals surface area contributed by atoms with Crippen LogP contribution in [0.25, 0.3) is 0 Å². The molecule has 1 amide bonds. The SMILES string of the molecule is C=C(CCC(COCc1ccccc1)C(=O)Nc1ccc(Oc2ccccc2)cc1)C1CC=CCC1. The highest BCUT2D eigenvalue weighted by Gasteiger charge is 2.21. The third-order valence-corrected chi connectivity index (χ3v) is 6.56. The number of amides is 1. The van der Waals surface area contributed by atoms with E-state index in [-0.39, 0.29) is 11.8 Å². The number of carbonyl (C=O) groups excluding carboxylic acids is 1. The first kappa shape index (κ1) is 25.5. The van der Waals surface area contributed by atoms with E-state index in [1.807, 2.05) is 84.9 Å². The minimum Gasteiger partial charge on any atom is -0.457 e. The highest BCUT2D eigenvalue weighted by Crippen LogP contribution is 2.29. The lowest BCUT2D eigenvalue weighted by Gasteiger charge is -2.23. The van der Waals surface area contributed by atoms with Crippen molar-refractivity contribution >= 4 is 11.6 Å².